The van der Waals surface area contributed by atoms with E-state index in [1.54, 1.807) is 22.9 Å². The molecule has 0 bridgehead atoms. The molecule has 2 aromatic heterocycles. The summed E-state index contributed by atoms with van der Waals surface area (Å²) in [4.78, 5) is 43.6. The normalized spacial score (nSPS) is 11.1. The molecule has 0 saturated carbocycles. The smallest absolute Gasteiger partial charge is 0.338 e. The Balaban J connectivity index is 1.30. The molecule has 2 heterocycles. The number of hydrogen-bond donors (Lipinski definition) is 0. The number of benzene rings is 4. The standard InChI is InChI=1S/C40H37N3O5/c1-4-5-14-36-41-35-23-24-42(25-27-15-19-29(20-16-27)31-10-6-8-12-33(31)39(45)47-2)38(44)37(35)43(36)26-28-17-21-30(22-18-28)32-11-7-9-13-34(32)40(46)48-3/h6-13,15-24H,4-5,14,25-26H2,1-3H3. The summed E-state index contributed by atoms with van der Waals surface area (Å²) in [6.45, 7) is 3.02. The minimum Gasteiger partial charge on any atom is -0.465 e. The van der Waals surface area contributed by atoms with Gasteiger partial charge in [0.25, 0.3) is 5.56 Å². The molecule has 6 rings (SSSR count). The van der Waals surface area contributed by atoms with Crippen molar-refractivity contribution in [1.29, 1.82) is 0 Å². The van der Waals surface area contributed by atoms with Crippen molar-refractivity contribution in [2.75, 3.05) is 14.2 Å². The Morgan fingerprint density at radius 2 is 1.21 bits per heavy atom. The van der Waals surface area contributed by atoms with Crippen LogP contribution >= 0.6 is 0 Å². The number of pyridine rings is 1. The monoisotopic (exact) mass is 639 g/mol. The van der Waals surface area contributed by atoms with Crippen molar-refractivity contribution >= 4 is 23.0 Å². The fourth-order valence-electron chi connectivity index (χ4n) is 6.05. The highest BCUT2D eigenvalue weighted by Crippen LogP contribution is 2.27. The number of methoxy groups -OCH3 is 2. The van der Waals surface area contributed by atoms with E-state index in [0.29, 0.717) is 35.2 Å². The third-order valence-corrected chi connectivity index (χ3v) is 8.59. The lowest BCUT2D eigenvalue weighted by atomic mass is 9.98. The predicted molar refractivity (Wildman–Crippen MR) is 187 cm³/mol. The number of hydrogen-bond acceptors (Lipinski definition) is 6. The molecule has 0 radical (unpaired) electrons. The second-order valence-corrected chi connectivity index (χ2v) is 11.7. The third-order valence-electron chi connectivity index (χ3n) is 8.59. The van der Waals surface area contributed by atoms with Gasteiger partial charge in [0.2, 0.25) is 0 Å². The summed E-state index contributed by atoms with van der Waals surface area (Å²) in [5.41, 5.74) is 7.53. The Hall–Kier alpha value is -5.76. The zero-order valence-corrected chi connectivity index (χ0v) is 27.3. The molecule has 0 unspecified atom stereocenters. The molecule has 0 saturated heterocycles. The average Bonchev–Trinajstić information content (AvgIpc) is 3.49. The zero-order valence-electron chi connectivity index (χ0n) is 27.3. The number of imidazole rings is 1. The number of nitrogens with zero attached hydrogens (tertiary/aromatic N) is 3. The summed E-state index contributed by atoms with van der Waals surface area (Å²) >= 11 is 0. The van der Waals surface area contributed by atoms with E-state index in [1.165, 1.54) is 14.2 Å². The fraction of sp³-hybridized carbons (Fsp3) is 0.200. The van der Waals surface area contributed by atoms with Gasteiger partial charge in [0.05, 0.1) is 37.4 Å². The molecule has 0 spiro atoms. The molecule has 8 heteroatoms. The van der Waals surface area contributed by atoms with Gasteiger partial charge in [0.1, 0.15) is 11.3 Å². The lowest BCUT2D eigenvalue weighted by molar-refractivity contribution is 0.0592. The first-order chi connectivity index (χ1) is 23.4. The van der Waals surface area contributed by atoms with Crippen molar-refractivity contribution in [1.82, 2.24) is 14.1 Å². The van der Waals surface area contributed by atoms with Gasteiger partial charge >= 0.3 is 11.9 Å². The largest absolute Gasteiger partial charge is 0.465 e. The number of esters is 2. The average molecular weight is 640 g/mol. The maximum absolute atomic E-state index is 14.0. The van der Waals surface area contributed by atoms with Gasteiger partial charge in [-0.25, -0.2) is 14.6 Å². The molecule has 0 amide bonds. The Morgan fingerprint density at radius 1 is 0.688 bits per heavy atom. The lowest BCUT2D eigenvalue weighted by Crippen LogP contribution is -2.22. The molecule has 0 aliphatic carbocycles. The molecule has 6 aromatic rings. The molecule has 0 aliphatic rings. The van der Waals surface area contributed by atoms with Crippen molar-refractivity contribution in [2.24, 2.45) is 0 Å². The van der Waals surface area contributed by atoms with Crippen LogP contribution in [0.5, 0.6) is 0 Å². The molecule has 0 atom stereocenters. The summed E-state index contributed by atoms with van der Waals surface area (Å²) < 4.78 is 13.7. The summed E-state index contributed by atoms with van der Waals surface area (Å²) in [6.07, 6.45) is 4.55. The van der Waals surface area contributed by atoms with Gasteiger partial charge in [-0.3, -0.25) is 4.79 Å². The number of carbonyl (C=O) groups is 2. The molecule has 0 fully saturated rings. The van der Waals surface area contributed by atoms with Crippen molar-refractivity contribution < 1.29 is 19.1 Å². The summed E-state index contributed by atoms with van der Waals surface area (Å²) in [7, 11) is 2.76. The van der Waals surface area contributed by atoms with Crippen LogP contribution in [0.15, 0.2) is 114 Å². The van der Waals surface area contributed by atoms with Crippen molar-refractivity contribution in [3.05, 3.63) is 148 Å². The quantitative estimate of drug-likeness (QED) is 0.136. The Kier molecular flexibility index (Phi) is 9.62. The Morgan fingerprint density at radius 3 is 1.73 bits per heavy atom. The van der Waals surface area contributed by atoms with E-state index in [9.17, 15) is 14.4 Å². The number of aryl methyl sites for hydroxylation is 1. The van der Waals surface area contributed by atoms with Crippen LogP contribution in [-0.2, 0) is 29.0 Å². The molecular weight excluding hydrogens is 602 g/mol. The predicted octanol–water partition coefficient (Wildman–Crippen LogP) is 7.54. The number of ether oxygens (including phenoxy) is 2. The molecular formula is C40H37N3O5. The number of carbonyl (C=O) groups excluding carboxylic acids is 2. The van der Waals surface area contributed by atoms with Crippen LogP contribution in [0.2, 0.25) is 0 Å². The van der Waals surface area contributed by atoms with Crippen LogP contribution < -0.4 is 5.56 Å². The molecule has 0 aliphatic heterocycles. The molecule has 242 valence electrons. The van der Waals surface area contributed by atoms with Crippen LogP contribution in [0.1, 0.15) is 57.4 Å². The van der Waals surface area contributed by atoms with E-state index in [0.717, 1.165) is 58.5 Å². The highest BCUT2D eigenvalue weighted by atomic mass is 16.5. The molecule has 8 nitrogen and oxygen atoms in total. The first-order valence-corrected chi connectivity index (χ1v) is 16.0. The molecule has 0 N–H and O–H groups in total. The van der Waals surface area contributed by atoms with E-state index >= 15 is 0 Å². The van der Waals surface area contributed by atoms with Gasteiger partial charge in [-0.2, -0.15) is 0 Å². The molecule has 4 aromatic carbocycles. The van der Waals surface area contributed by atoms with E-state index in [-0.39, 0.29) is 17.5 Å². The zero-order chi connectivity index (χ0) is 33.6. The summed E-state index contributed by atoms with van der Waals surface area (Å²) in [5, 5.41) is 0. The van der Waals surface area contributed by atoms with Gasteiger partial charge in [0, 0.05) is 19.2 Å². The van der Waals surface area contributed by atoms with Crippen molar-refractivity contribution in [3.63, 3.8) is 0 Å². The van der Waals surface area contributed by atoms with E-state index in [4.69, 9.17) is 14.5 Å². The minimum atomic E-state index is -0.385. The number of unbranched alkanes of at least 4 members (excludes halogenated alkanes) is 1. The van der Waals surface area contributed by atoms with Crippen molar-refractivity contribution in [3.8, 4) is 22.3 Å². The second kappa shape index (κ2) is 14.3. The summed E-state index contributed by atoms with van der Waals surface area (Å²) in [6, 6.07) is 32.6. The van der Waals surface area contributed by atoms with Crippen LogP contribution in [0.25, 0.3) is 33.3 Å². The van der Waals surface area contributed by atoms with Crippen LogP contribution in [-0.4, -0.2) is 40.3 Å². The third kappa shape index (κ3) is 6.55. The van der Waals surface area contributed by atoms with E-state index < -0.39 is 0 Å². The van der Waals surface area contributed by atoms with Gasteiger partial charge in [-0.05, 0) is 58.0 Å². The minimum absolute atomic E-state index is 0.105. The maximum Gasteiger partial charge on any atom is 0.338 e. The van der Waals surface area contributed by atoms with Crippen LogP contribution in [0.4, 0.5) is 0 Å². The lowest BCUT2D eigenvalue weighted by Gasteiger charge is -2.12. The van der Waals surface area contributed by atoms with E-state index in [2.05, 4.69) is 6.92 Å². The highest BCUT2D eigenvalue weighted by Gasteiger charge is 2.18. The maximum atomic E-state index is 14.0. The first-order valence-electron chi connectivity index (χ1n) is 16.0. The van der Waals surface area contributed by atoms with Gasteiger partial charge in [-0.1, -0.05) is 98.3 Å². The van der Waals surface area contributed by atoms with Crippen LogP contribution in [0.3, 0.4) is 0 Å². The first kappa shape index (κ1) is 32.2. The number of aromatic nitrogens is 3. The topological polar surface area (TPSA) is 92.4 Å². The van der Waals surface area contributed by atoms with E-state index in [1.807, 2.05) is 95.6 Å². The van der Waals surface area contributed by atoms with Crippen LogP contribution in [0, 0.1) is 0 Å². The van der Waals surface area contributed by atoms with Gasteiger partial charge in [-0.15, -0.1) is 0 Å². The Bertz CT molecular complexity index is 2140. The van der Waals surface area contributed by atoms with Crippen molar-refractivity contribution in [2.45, 2.75) is 39.3 Å². The second-order valence-electron chi connectivity index (χ2n) is 11.7. The van der Waals surface area contributed by atoms with Gasteiger partial charge < -0.3 is 18.6 Å². The highest BCUT2D eigenvalue weighted by molar-refractivity contribution is 5.98. The fourth-order valence-corrected chi connectivity index (χ4v) is 6.05. The molecule has 48 heavy (non-hydrogen) atoms. The SMILES string of the molecule is CCCCc1nc2ccn(Cc3ccc(-c4ccccc4C(=O)OC)cc3)c(=O)c2n1Cc1ccc(-c2ccccc2C(=O)OC)cc1. The summed E-state index contributed by atoms with van der Waals surface area (Å²) in [5.74, 6) is 0.121. The number of fused-ring (bicyclic) bond motifs is 1. The van der Waals surface area contributed by atoms with Gasteiger partial charge in [0.15, 0.2) is 0 Å². The Labute approximate surface area is 279 Å². The number of rotatable bonds is 11.